The Morgan fingerprint density at radius 3 is 2.77 bits per heavy atom. The lowest BCUT2D eigenvalue weighted by atomic mass is 9.98. The average molecular weight is 306 g/mol. The number of piperidine rings is 1. The Balaban J connectivity index is 1.92. The fourth-order valence-electron chi connectivity index (χ4n) is 2.92. The Bertz CT molecular complexity index is 505. The number of nitrogens with one attached hydrogen (secondary N) is 1. The summed E-state index contributed by atoms with van der Waals surface area (Å²) in [6, 6.07) is 5.23. The van der Waals surface area contributed by atoms with Crippen LogP contribution >= 0.6 is 0 Å². The average Bonchev–Trinajstić information content (AvgIpc) is 2.59. The van der Waals surface area contributed by atoms with Crippen molar-refractivity contribution >= 4 is 5.91 Å². The zero-order valence-electron chi connectivity index (χ0n) is 13.7. The van der Waals surface area contributed by atoms with Gasteiger partial charge in [-0.25, -0.2) is 0 Å². The second kappa shape index (κ2) is 8.03. The van der Waals surface area contributed by atoms with Crippen LogP contribution in [-0.4, -0.2) is 51.2 Å². The number of methoxy groups -OCH3 is 2. The van der Waals surface area contributed by atoms with Crippen molar-refractivity contribution in [2.24, 2.45) is 5.92 Å². The van der Waals surface area contributed by atoms with Crippen molar-refractivity contribution in [3.05, 3.63) is 23.8 Å². The highest BCUT2D eigenvalue weighted by atomic mass is 16.5. The van der Waals surface area contributed by atoms with Crippen molar-refractivity contribution in [2.45, 2.75) is 19.8 Å². The van der Waals surface area contributed by atoms with E-state index in [9.17, 15) is 4.79 Å². The number of amides is 1. The normalized spacial score (nSPS) is 18.8. The van der Waals surface area contributed by atoms with Gasteiger partial charge in [0.25, 0.3) is 5.91 Å². The van der Waals surface area contributed by atoms with E-state index < -0.39 is 0 Å². The molecule has 0 bridgehead atoms. The second-order valence-electron chi connectivity index (χ2n) is 5.68. The Hall–Kier alpha value is -1.75. The van der Waals surface area contributed by atoms with Gasteiger partial charge in [-0.2, -0.15) is 0 Å². The minimum Gasteiger partial charge on any atom is -0.493 e. The van der Waals surface area contributed by atoms with Crippen LogP contribution in [0.25, 0.3) is 0 Å². The molecule has 0 unspecified atom stereocenters. The fraction of sp³-hybridized carbons (Fsp3) is 0.588. The van der Waals surface area contributed by atoms with Crippen molar-refractivity contribution in [1.82, 2.24) is 10.2 Å². The molecule has 0 aromatic heterocycles. The monoisotopic (exact) mass is 306 g/mol. The van der Waals surface area contributed by atoms with E-state index in [4.69, 9.17) is 9.47 Å². The third kappa shape index (κ3) is 4.13. The maximum Gasteiger partial charge on any atom is 0.251 e. The molecule has 0 spiro atoms. The lowest BCUT2D eigenvalue weighted by molar-refractivity contribution is 0.0933. The number of ether oxygens (including phenoxy) is 2. The van der Waals surface area contributed by atoms with Crippen LogP contribution in [0.1, 0.15) is 30.1 Å². The van der Waals surface area contributed by atoms with Gasteiger partial charge < -0.3 is 19.7 Å². The van der Waals surface area contributed by atoms with Crippen LogP contribution in [-0.2, 0) is 0 Å². The standard InChI is InChI=1S/C17H26N2O3/c1-4-19-9-5-6-13(12-19)11-18-17(20)14-7-8-15(21-2)16(10-14)22-3/h7-8,10,13H,4-6,9,11-12H2,1-3H3,(H,18,20)/t13-/m0/s1. The maximum absolute atomic E-state index is 12.3. The van der Waals surface area contributed by atoms with Crippen molar-refractivity contribution in [1.29, 1.82) is 0 Å². The van der Waals surface area contributed by atoms with Crippen LogP contribution in [0.4, 0.5) is 0 Å². The van der Waals surface area contributed by atoms with Gasteiger partial charge in [0, 0.05) is 18.7 Å². The summed E-state index contributed by atoms with van der Waals surface area (Å²) in [4.78, 5) is 14.7. The van der Waals surface area contributed by atoms with Crippen LogP contribution in [0.2, 0.25) is 0 Å². The first-order chi connectivity index (χ1) is 10.7. The van der Waals surface area contributed by atoms with Crippen molar-refractivity contribution in [2.75, 3.05) is 40.4 Å². The number of rotatable bonds is 6. The van der Waals surface area contributed by atoms with E-state index in [1.165, 1.54) is 19.4 Å². The van der Waals surface area contributed by atoms with Gasteiger partial charge in [0.15, 0.2) is 11.5 Å². The molecule has 1 fully saturated rings. The van der Waals surface area contributed by atoms with E-state index in [2.05, 4.69) is 17.1 Å². The molecule has 0 radical (unpaired) electrons. The summed E-state index contributed by atoms with van der Waals surface area (Å²) in [5.41, 5.74) is 0.598. The minimum absolute atomic E-state index is 0.0606. The molecule has 1 amide bonds. The summed E-state index contributed by atoms with van der Waals surface area (Å²) in [6.45, 7) is 6.24. The Labute approximate surface area is 132 Å². The highest BCUT2D eigenvalue weighted by molar-refractivity contribution is 5.94. The number of benzene rings is 1. The van der Waals surface area contributed by atoms with Crippen LogP contribution in [0.15, 0.2) is 18.2 Å². The summed E-state index contributed by atoms with van der Waals surface area (Å²) in [5, 5.41) is 3.04. The summed E-state index contributed by atoms with van der Waals surface area (Å²) in [5.74, 6) is 1.68. The SMILES string of the molecule is CCN1CCC[C@@H](CNC(=O)c2ccc(OC)c(OC)c2)C1. The molecule has 1 aromatic carbocycles. The molecule has 2 rings (SSSR count). The molecule has 122 valence electrons. The number of nitrogens with zero attached hydrogens (tertiary/aromatic N) is 1. The van der Waals surface area contributed by atoms with E-state index in [0.717, 1.165) is 19.6 Å². The van der Waals surface area contributed by atoms with Gasteiger partial charge in [-0.05, 0) is 50.0 Å². The molecule has 1 aliphatic heterocycles. The third-order valence-electron chi connectivity index (χ3n) is 4.25. The quantitative estimate of drug-likeness (QED) is 0.875. The first-order valence-corrected chi connectivity index (χ1v) is 7.90. The predicted octanol–water partition coefficient (Wildman–Crippen LogP) is 2.17. The number of carbonyl (C=O) groups is 1. The van der Waals surface area contributed by atoms with Gasteiger partial charge >= 0.3 is 0 Å². The largest absolute Gasteiger partial charge is 0.493 e. The van der Waals surface area contributed by atoms with Gasteiger partial charge in [0.1, 0.15) is 0 Å². The highest BCUT2D eigenvalue weighted by Gasteiger charge is 2.19. The predicted molar refractivity (Wildman–Crippen MR) is 86.7 cm³/mol. The van der Waals surface area contributed by atoms with Crippen LogP contribution < -0.4 is 14.8 Å². The molecular formula is C17H26N2O3. The number of likely N-dealkylation sites (tertiary alicyclic amines) is 1. The summed E-state index contributed by atoms with van der Waals surface area (Å²) < 4.78 is 10.4. The van der Waals surface area contributed by atoms with Crippen LogP contribution in [0.3, 0.4) is 0 Å². The molecule has 1 heterocycles. The molecule has 1 N–H and O–H groups in total. The maximum atomic E-state index is 12.3. The van der Waals surface area contributed by atoms with Gasteiger partial charge in [-0.3, -0.25) is 4.79 Å². The van der Waals surface area contributed by atoms with Gasteiger partial charge in [-0.15, -0.1) is 0 Å². The zero-order valence-corrected chi connectivity index (χ0v) is 13.7. The Morgan fingerprint density at radius 2 is 2.09 bits per heavy atom. The zero-order chi connectivity index (χ0) is 15.9. The Kier molecular flexibility index (Phi) is 6.07. The minimum atomic E-state index is -0.0606. The lowest BCUT2D eigenvalue weighted by Crippen LogP contribution is -2.40. The molecule has 1 aromatic rings. The lowest BCUT2D eigenvalue weighted by Gasteiger charge is -2.31. The molecule has 5 heteroatoms. The van der Waals surface area contributed by atoms with Crippen LogP contribution in [0, 0.1) is 5.92 Å². The molecular weight excluding hydrogens is 280 g/mol. The van der Waals surface area contributed by atoms with Gasteiger partial charge in [0.05, 0.1) is 14.2 Å². The van der Waals surface area contributed by atoms with E-state index in [1.807, 2.05) is 0 Å². The summed E-state index contributed by atoms with van der Waals surface area (Å²) in [6.07, 6.45) is 2.40. The van der Waals surface area contributed by atoms with Gasteiger partial charge in [0.2, 0.25) is 0 Å². The molecule has 0 saturated carbocycles. The van der Waals surface area contributed by atoms with Crippen molar-refractivity contribution in [3.63, 3.8) is 0 Å². The molecule has 1 saturated heterocycles. The van der Waals surface area contributed by atoms with Crippen molar-refractivity contribution < 1.29 is 14.3 Å². The number of hydrogen-bond acceptors (Lipinski definition) is 4. The fourth-order valence-corrected chi connectivity index (χ4v) is 2.92. The van der Waals surface area contributed by atoms with E-state index in [0.29, 0.717) is 23.0 Å². The third-order valence-corrected chi connectivity index (χ3v) is 4.25. The Morgan fingerprint density at radius 1 is 1.32 bits per heavy atom. The number of hydrogen-bond donors (Lipinski definition) is 1. The second-order valence-corrected chi connectivity index (χ2v) is 5.68. The first-order valence-electron chi connectivity index (χ1n) is 7.90. The number of carbonyl (C=O) groups excluding carboxylic acids is 1. The van der Waals surface area contributed by atoms with Crippen molar-refractivity contribution in [3.8, 4) is 11.5 Å². The summed E-state index contributed by atoms with van der Waals surface area (Å²) in [7, 11) is 3.15. The van der Waals surface area contributed by atoms with Crippen LogP contribution in [0.5, 0.6) is 11.5 Å². The molecule has 0 aliphatic carbocycles. The van der Waals surface area contributed by atoms with Gasteiger partial charge in [-0.1, -0.05) is 6.92 Å². The van der Waals surface area contributed by atoms with E-state index in [-0.39, 0.29) is 5.91 Å². The smallest absolute Gasteiger partial charge is 0.251 e. The topological polar surface area (TPSA) is 50.8 Å². The summed E-state index contributed by atoms with van der Waals surface area (Å²) >= 11 is 0. The first kappa shape index (κ1) is 16.6. The van der Waals surface area contributed by atoms with E-state index in [1.54, 1.807) is 32.4 Å². The van der Waals surface area contributed by atoms with E-state index >= 15 is 0 Å². The molecule has 1 atom stereocenters. The molecule has 5 nitrogen and oxygen atoms in total. The molecule has 1 aliphatic rings. The molecule has 22 heavy (non-hydrogen) atoms. The highest BCUT2D eigenvalue weighted by Crippen LogP contribution is 2.27.